The predicted octanol–water partition coefficient (Wildman–Crippen LogP) is 4.81. The summed E-state index contributed by atoms with van der Waals surface area (Å²) in [5.74, 6) is 0.885. The van der Waals surface area contributed by atoms with Crippen molar-refractivity contribution in [3.05, 3.63) is 63.1 Å². The molecule has 2 nitrogen and oxygen atoms in total. The van der Waals surface area contributed by atoms with Crippen molar-refractivity contribution < 1.29 is 4.74 Å². The zero-order valence-corrected chi connectivity index (χ0v) is 13.8. The van der Waals surface area contributed by atoms with Gasteiger partial charge in [0.05, 0.1) is 12.6 Å². The second-order valence-electron chi connectivity index (χ2n) is 4.39. The minimum absolute atomic E-state index is 0.0852. The van der Waals surface area contributed by atoms with Crippen LogP contribution in [0.2, 0.25) is 5.02 Å². The Kier molecular flexibility index (Phi) is 5.46. The largest absolute Gasteiger partial charge is 0.494 e. The van der Waals surface area contributed by atoms with Gasteiger partial charge in [0.25, 0.3) is 0 Å². The molecule has 0 saturated carbocycles. The van der Waals surface area contributed by atoms with Crippen LogP contribution in [-0.4, -0.2) is 13.7 Å². The van der Waals surface area contributed by atoms with Gasteiger partial charge in [-0.15, -0.1) is 0 Å². The molecule has 0 radical (unpaired) electrons. The summed E-state index contributed by atoms with van der Waals surface area (Å²) in [7, 11) is 1.94. The van der Waals surface area contributed by atoms with E-state index in [9.17, 15) is 0 Å². The Hall–Kier alpha value is -1.03. The fourth-order valence-corrected chi connectivity index (χ4v) is 3.10. The lowest BCUT2D eigenvalue weighted by atomic mass is 9.99. The highest BCUT2D eigenvalue weighted by molar-refractivity contribution is 9.10. The van der Waals surface area contributed by atoms with E-state index >= 15 is 0 Å². The monoisotopic (exact) mass is 353 g/mol. The molecule has 0 aliphatic carbocycles. The molecular weight excluding hydrogens is 338 g/mol. The van der Waals surface area contributed by atoms with Gasteiger partial charge in [0.15, 0.2) is 0 Å². The molecule has 0 fully saturated rings. The first-order valence-electron chi connectivity index (χ1n) is 6.50. The van der Waals surface area contributed by atoms with E-state index in [4.69, 9.17) is 16.3 Å². The van der Waals surface area contributed by atoms with Crippen molar-refractivity contribution in [2.45, 2.75) is 13.0 Å². The molecule has 1 unspecified atom stereocenters. The average Bonchev–Trinajstić information content (AvgIpc) is 2.43. The van der Waals surface area contributed by atoms with Gasteiger partial charge in [-0.1, -0.05) is 45.7 Å². The highest BCUT2D eigenvalue weighted by atomic mass is 79.9. The summed E-state index contributed by atoms with van der Waals surface area (Å²) in [6.07, 6.45) is 0. The van der Waals surface area contributed by atoms with E-state index in [2.05, 4.69) is 33.4 Å². The van der Waals surface area contributed by atoms with Gasteiger partial charge in [-0.05, 0) is 49.4 Å². The first-order valence-corrected chi connectivity index (χ1v) is 7.67. The highest BCUT2D eigenvalue weighted by Crippen LogP contribution is 2.31. The van der Waals surface area contributed by atoms with Gasteiger partial charge >= 0.3 is 0 Å². The van der Waals surface area contributed by atoms with Crippen LogP contribution in [0.4, 0.5) is 0 Å². The van der Waals surface area contributed by atoms with Crippen molar-refractivity contribution in [3.8, 4) is 5.75 Å². The summed E-state index contributed by atoms with van der Waals surface area (Å²) < 4.78 is 6.56. The van der Waals surface area contributed by atoms with E-state index in [0.717, 1.165) is 26.4 Å². The molecule has 0 aliphatic rings. The lowest BCUT2D eigenvalue weighted by Crippen LogP contribution is -2.18. The third-order valence-electron chi connectivity index (χ3n) is 3.06. The molecule has 0 bridgehead atoms. The SMILES string of the molecule is CCOc1cccc(C(NC)c2ccc(Cl)cc2Br)c1. The number of ether oxygens (including phenoxy) is 1. The Morgan fingerprint density at radius 3 is 2.70 bits per heavy atom. The molecule has 0 heterocycles. The fourth-order valence-electron chi connectivity index (χ4n) is 2.19. The summed E-state index contributed by atoms with van der Waals surface area (Å²) in [5.41, 5.74) is 2.30. The lowest BCUT2D eigenvalue weighted by molar-refractivity contribution is 0.339. The molecular formula is C16H17BrClNO. The number of benzene rings is 2. The van der Waals surface area contributed by atoms with Crippen molar-refractivity contribution in [1.29, 1.82) is 0 Å². The van der Waals surface area contributed by atoms with Crippen molar-refractivity contribution in [2.75, 3.05) is 13.7 Å². The van der Waals surface area contributed by atoms with E-state index in [0.29, 0.717) is 6.61 Å². The summed E-state index contributed by atoms with van der Waals surface area (Å²) in [5, 5.41) is 4.06. The number of nitrogens with one attached hydrogen (secondary N) is 1. The first-order chi connectivity index (χ1) is 9.65. The van der Waals surface area contributed by atoms with Crippen LogP contribution >= 0.6 is 27.5 Å². The van der Waals surface area contributed by atoms with Crippen LogP contribution in [0.1, 0.15) is 24.1 Å². The van der Waals surface area contributed by atoms with Crippen LogP contribution in [0.15, 0.2) is 46.9 Å². The summed E-state index contributed by atoms with van der Waals surface area (Å²) >= 11 is 9.59. The minimum Gasteiger partial charge on any atom is -0.494 e. The molecule has 0 aliphatic heterocycles. The predicted molar refractivity (Wildman–Crippen MR) is 87.7 cm³/mol. The van der Waals surface area contributed by atoms with Gasteiger partial charge in [0.2, 0.25) is 0 Å². The molecule has 20 heavy (non-hydrogen) atoms. The van der Waals surface area contributed by atoms with Crippen LogP contribution in [0.25, 0.3) is 0 Å². The molecule has 106 valence electrons. The third kappa shape index (κ3) is 3.54. The normalized spacial score (nSPS) is 12.2. The van der Waals surface area contributed by atoms with Crippen molar-refractivity contribution >= 4 is 27.5 Å². The third-order valence-corrected chi connectivity index (χ3v) is 3.99. The van der Waals surface area contributed by atoms with Crippen molar-refractivity contribution in [3.63, 3.8) is 0 Å². The van der Waals surface area contributed by atoms with Gasteiger partial charge in [0, 0.05) is 9.50 Å². The summed E-state index contributed by atoms with van der Waals surface area (Å²) in [4.78, 5) is 0. The quantitative estimate of drug-likeness (QED) is 0.832. The van der Waals surface area contributed by atoms with Crippen molar-refractivity contribution in [2.24, 2.45) is 0 Å². The van der Waals surface area contributed by atoms with E-state index in [1.54, 1.807) is 0 Å². The van der Waals surface area contributed by atoms with Gasteiger partial charge in [-0.2, -0.15) is 0 Å². The molecule has 0 aromatic heterocycles. The maximum absolute atomic E-state index is 6.01. The number of hydrogen-bond acceptors (Lipinski definition) is 2. The molecule has 1 atom stereocenters. The Bertz CT molecular complexity index is 588. The molecule has 2 aromatic carbocycles. The van der Waals surface area contributed by atoms with Gasteiger partial charge < -0.3 is 10.1 Å². The van der Waals surface area contributed by atoms with E-state index in [1.165, 1.54) is 0 Å². The molecule has 2 aromatic rings. The Balaban J connectivity index is 2.38. The Morgan fingerprint density at radius 2 is 2.05 bits per heavy atom. The van der Waals surface area contributed by atoms with Crippen LogP contribution in [-0.2, 0) is 0 Å². The van der Waals surface area contributed by atoms with E-state index < -0.39 is 0 Å². The van der Waals surface area contributed by atoms with Gasteiger partial charge in [-0.3, -0.25) is 0 Å². The second kappa shape index (κ2) is 7.11. The fraction of sp³-hybridized carbons (Fsp3) is 0.250. The van der Waals surface area contributed by atoms with E-state index in [-0.39, 0.29) is 6.04 Å². The lowest BCUT2D eigenvalue weighted by Gasteiger charge is -2.19. The Labute approximate surface area is 133 Å². The van der Waals surface area contributed by atoms with Crippen LogP contribution in [0.5, 0.6) is 5.75 Å². The van der Waals surface area contributed by atoms with Crippen LogP contribution < -0.4 is 10.1 Å². The number of hydrogen-bond donors (Lipinski definition) is 1. The smallest absolute Gasteiger partial charge is 0.119 e. The first kappa shape index (κ1) is 15.4. The number of halogens is 2. The maximum Gasteiger partial charge on any atom is 0.119 e. The molecule has 1 N–H and O–H groups in total. The van der Waals surface area contributed by atoms with Crippen LogP contribution in [0.3, 0.4) is 0 Å². The molecule has 0 spiro atoms. The van der Waals surface area contributed by atoms with Crippen LogP contribution in [0, 0.1) is 0 Å². The number of rotatable bonds is 5. The second-order valence-corrected chi connectivity index (χ2v) is 5.68. The summed E-state index contributed by atoms with van der Waals surface area (Å²) in [6.45, 7) is 2.65. The molecule has 2 rings (SSSR count). The molecule has 0 saturated heterocycles. The topological polar surface area (TPSA) is 21.3 Å². The van der Waals surface area contributed by atoms with Gasteiger partial charge in [-0.25, -0.2) is 0 Å². The molecule has 0 amide bonds. The average molecular weight is 355 g/mol. The zero-order valence-electron chi connectivity index (χ0n) is 11.5. The zero-order chi connectivity index (χ0) is 14.5. The van der Waals surface area contributed by atoms with E-state index in [1.807, 2.05) is 44.3 Å². The molecule has 4 heteroatoms. The highest BCUT2D eigenvalue weighted by Gasteiger charge is 2.15. The van der Waals surface area contributed by atoms with Crippen molar-refractivity contribution in [1.82, 2.24) is 5.32 Å². The standard InChI is InChI=1S/C16H17BrClNO/c1-3-20-13-6-4-5-11(9-13)16(19-2)14-8-7-12(18)10-15(14)17/h4-10,16,19H,3H2,1-2H3. The minimum atomic E-state index is 0.0852. The Morgan fingerprint density at radius 1 is 1.25 bits per heavy atom. The summed E-state index contributed by atoms with van der Waals surface area (Å²) in [6, 6.07) is 14.1. The van der Waals surface area contributed by atoms with Gasteiger partial charge in [0.1, 0.15) is 5.75 Å². The maximum atomic E-state index is 6.01.